The van der Waals surface area contributed by atoms with Crippen molar-refractivity contribution in [2.45, 2.75) is 84.7 Å². The number of hydrogen-bond donors (Lipinski definition) is 0. The lowest BCUT2D eigenvalue weighted by atomic mass is 9.76. The topological polar surface area (TPSA) is 6.48 Å². The van der Waals surface area contributed by atoms with Crippen molar-refractivity contribution in [3.8, 4) is 0 Å². The second-order valence-electron chi connectivity index (χ2n) is 10.3. The molecule has 172 valence electrons. The molecule has 3 aromatic rings. The molecule has 2 heterocycles. The summed E-state index contributed by atoms with van der Waals surface area (Å²) in [5.74, 6) is 0. The van der Waals surface area contributed by atoms with E-state index in [4.69, 9.17) is 0 Å². The first-order valence-corrected chi connectivity index (χ1v) is 12.9. The Labute approximate surface area is 200 Å². The molecule has 0 fully saturated rings. The van der Waals surface area contributed by atoms with E-state index >= 15 is 0 Å². The Bertz CT molecular complexity index is 1160. The van der Waals surface area contributed by atoms with Crippen LogP contribution in [0.2, 0.25) is 0 Å². The van der Waals surface area contributed by atoms with Gasteiger partial charge in [-0.25, -0.2) is 0 Å². The zero-order valence-corrected chi connectivity index (χ0v) is 21.0. The summed E-state index contributed by atoms with van der Waals surface area (Å²) >= 11 is 0. The van der Waals surface area contributed by atoms with Crippen LogP contribution in [0.1, 0.15) is 75.1 Å². The van der Waals surface area contributed by atoms with Crippen LogP contribution in [-0.4, -0.2) is 6.17 Å². The van der Waals surface area contributed by atoms with Crippen molar-refractivity contribution < 1.29 is 0 Å². The first kappa shape index (κ1) is 22.1. The fourth-order valence-electron chi connectivity index (χ4n) is 5.92. The Hall–Kier alpha value is -2.74. The van der Waals surface area contributed by atoms with Gasteiger partial charge in [-0.3, -0.25) is 0 Å². The first-order valence-electron chi connectivity index (χ1n) is 12.9. The fraction of sp³-hybridized carbons (Fsp3) is 0.419. The van der Waals surface area contributed by atoms with Crippen LogP contribution in [0.3, 0.4) is 0 Å². The van der Waals surface area contributed by atoms with E-state index in [1.165, 1.54) is 64.3 Å². The number of nitrogens with zero attached hydrogens (tertiary/aromatic N) is 2. The summed E-state index contributed by atoms with van der Waals surface area (Å²) in [5.41, 5.74) is 11.4. The van der Waals surface area contributed by atoms with E-state index in [9.17, 15) is 0 Å². The maximum absolute atomic E-state index is 2.67. The van der Waals surface area contributed by atoms with Crippen molar-refractivity contribution in [2.75, 3.05) is 9.80 Å². The highest BCUT2D eigenvalue weighted by Crippen LogP contribution is 2.55. The van der Waals surface area contributed by atoms with E-state index in [0.29, 0.717) is 6.17 Å². The van der Waals surface area contributed by atoms with E-state index in [2.05, 4.69) is 105 Å². The number of benzene rings is 3. The number of rotatable bonds is 5. The zero-order chi connectivity index (χ0) is 23.2. The number of aryl methyl sites for hydroxylation is 2. The smallest absolute Gasteiger partial charge is 0.111 e. The lowest BCUT2D eigenvalue weighted by molar-refractivity contribution is 0.401. The summed E-state index contributed by atoms with van der Waals surface area (Å²) in [7, 11) is 0. The highest BCUT2D eigenvalue weighted by atomic mass is 15.4. The number of fused-ring (bicyclic) bond motifs is 5. The summed E-state index contributed by atoms with van der Waals surface area (Å²) in [6.07, 6.45) is 7.43. The highest BCUT2D eigenvalue weighted by molar-refractivity contribution is 5.90. The highest BCUT2D eigenvalue weighted by Gasteiger charge is 2.44. The van der Waals surface area contributed by atoms with Crippen molar-refractivity contribution >= 4 is 22.7 Å². The summed E-state index contributed by atoms with van der Waals surface area (Å²) in [6.45, 7) is 11.6. The fourth-order valence-corrected chi connectivity index (χ4v) is 5.92. The average Bonchev–Trinajstić information content (AvgIpc) is 3.09. The lowest BCUT2D eigenvalue weighted by Gasteiger charge is -2.33. The van der Waals surface area contributed by atoms with Gasteiger partial charge in [-0.15, -0.1) is 0 Å². The minimum atomic E-state index is 0.203. The molecule has 0 bridgehead atoms. The van der Waals surface area contributed by atoms with Gasteiger partial charge < -0.3 is 9.80 Å². The van der Waals surface area contributed by atoms with Crippen molar-refractivity contribution in [3.05, 3.63) is 82.9 Å². The van der Waals surface area contributed by atoms with Gasteiger partial charge in [0.2, 0.25) is 0 Å². The molecule has 0 spiro atoms. The molecular formula is C31H38N2. The number of unbranched alkanes of at least 4 members (excludes halogenated alkanes) is 1. The van der Waals surface area contributed by atoms with Gasteiger partial charge in [-0.2, -0.15) is 0 Å². The normalized spacial score (nSPS) is 21.4. The van der Waals surface area contributed by atoms with Gasteiger partial charge in [0.05, 0.1) is 11.4 Å². The molecule has 0 saturated carbocycles. The molecule has 0 aliphatic carbocycles. The lowest BCUT2D eigenvalue weighted by Crippen LogP contribution is -2.38. The van der Waals surface area contributed by atoms with Crippen LogP contribution in [0.15, 0.2) is 60.7 Å². The SMILES string of the molecule is CCCCc1ccc2c(c1)N1c3ccccc3C(C)(CC)CCC1N2c1cccc(C)c1C. The molecule has 3 aromatic carbocycles. The molecule has 2 unspecified atom stereocenters. The van der Waals surface area contributed by atoms with Crippen molar-refractivity contribution in [1.29, 1.82) is 0 Å². The molecule has 0 saturated heterocycles. The maximum Gasteiger partial charge on any atom is 0.111 e. The third kappa shape index (κ3) is 3.55. The molecular weight excluding hydrogens is 400 g/mol. The minimum Gasteiger partial charge on any atom is -0.318 e. The van der Waals surface area contributed by atoms with E-state index in [0.717, 1.165) is 19.3 Å². The summed E-state index contributed by atoms with van der Waals surface area (Å²) < 4.78 is 0. The molecule has 2 aliphatic heterocycles. The van der Waals surface area contributed by atoms with Crippen LogP contribution in [0.5, 0.6) is 0 Å². The van der Waals surface area contributed by atoms with Crippen LogP contribution in [0, 0.1) is 13.8 Å². The number of anilines is 4. The van der Waals surface area contributed by atoms with Crippen molar-refractivity contribution in [3.63, 3.8) is 0 Å². The molecule has 2 heteroatoms. The Balaban J connectivity index is 1.74. The van der Waals surface area contributed by atoms with Crippen LogP contribution >= 0.6 is 0 Å². The van der Waals surface area contributed by atoms with Crippen LogP contribution in [0.25, 0.3) is 0 Å². The van der Waals surface area contributed by atoms with Crippen LogP contribution < -0.4 is 9.80 Å². The molecule has 0 amide bonds. The number of para-hydroxylation sites is 1. The van der Waals surface area contributed by atoms with Crippen LogP contribution in [-0.2, 0) is 11.8 Å². The monoisotopic (exact) mass is 438 g/mol. The predicted molar refractivity (Wildman–Crippen MR) is 142 cm³/mol. The first-order chi connectivity index (χ1) is 16.0. The summed E-state index contributed by atoms with van der Waals surface area (Å²) in [4.78, 5) is 5.31. The maximum atomic E-state index is 2.67. The van der Waals surface area contributed by atoms with Gasteiger partial charge in [-0.05, 0) is 97.9 Å². The third-order valence-electron chi connectivity index (χ3n) is 8.36. The Morgan fingerprint density at radius 1 is 0.848 bits per heavy atom. The summed E-state index contributed by atoms with van der Waals surface area (Å²) in [5, 5.41) is 0. The number of hydrogen-bond acceptors (Lipinski definition) is 2. The second kappa shape index (κ2) is 8.56. The Morgan fingerprint density at radius 3 is 2.39 bits per heavy atom. The van der Waals surface area contributed by atoms with Gasteiger partial charge in [0.1, 0.15) is 6.17 Å². The van der Waals surface area contributed by atoms with Crippen LogP contribution in [0.4, 0.5) is 22.7 Å². The molecule has 2 nitrogen and oxygen atoms in total. The zero-order valence-electron chi connectivity index (χ0n) is 21.0. The van der Waals surface area contributed by atoms with Gasteiger partial charge in [0.25, 0.3) is 0 Å². The Morgan fingerprint density at radius 2 is 1.61 bits per heavy atom. The molecule has 0 aromatic heterocycles. The van der Waals surface area contributed by atoms with Gasteiger partial charge in [0, 0.05) is 11.4 Å². The van der Waals surface area contributed by atoms with Gasteiger partial charge >= 0.3 is 0 Å². The minimum absolute atomic E-state index is 0.203. The predicted octanol–water partition coefficient (Wildman–Crippen LogP) is 8.72. The van der Waals surface area contributed by atoms with Gasteiger partial charge in [0.15, 0.2) is 0 Å². The van der Waals surface area contributed by atoms with Crippen molar-refractivity contribution in [2.24, 2.45) is 0 Å². The molecule has 2 aliphatic rings. The Kier molecular flexibility index (Phi) is 5.72. The molecule has 33 heavy (non-hydrogen) atoms. The molecule has 5 rings (SSSR count). The largest absolute Gasteiger partial charge is 0.318 e. The third-order valence-corrected chi connectivity index (χ3v) is 8.36. The summed E-state index contributed by atoms with van der Waals surface area (Å²) in [6, 6.07) is 23.2. The second-order valence-corrected chi connectivity index (χ2v) is 10.3. The van der Waals surface area contributed by atoms with E-state index < -0.39 is 0 Å². The van der Waals surface area contributed by atoms with E-state index in [1.807, 2.05) is 0 Å². The van der Waals surface area contributed by atoms with Crippen molar-refractivity contribution in [1.82, 2.24) is 0 Å². The quantitative estimate of drug-likeness (QED) is 0.393. The molecule has 0 N–H and O–H groups in total. The standard InChI is InChI=1S/C31H38N2/c1-6-8-13-24-17-18-28-29(21-24)33-27-15-10-9-14-25(27)31(5,7-2)20-19-30(33)32(28)26-16-11-12-22(3)23(26)4/h9-12,14-18,21,30H,6-8,13,19-20H2,1-5H3. The molecule has 2 atom stereocenters. The van der Waals surface area contributed by atoms with E-state index in [-0.39, 0.29) is 5.41 Å². The molecule has 0 radical (unpaired) electrons. The van der Waals surface area contributed by atoms with Gasteiger partial charge in [-0.1, -0.05) is 63.6 Å². The average molecular weight is 439 g/mol. The van der Waals surface area contributed by atoms with E-state index in [1.54, 1.807) is 0 Å².